The SMILES string of the molecule is Cc1ccc(CNC(=O)c2cn(C3CCNCC3)nn2)c(OC2CCOC2)c1. The summed E-state index contributed by atoms with van der Waals surface area (Å²) in [4.78, 5) is 12.5. The van der Waals surface area contributed by atoms with Crippen LogP contribution in [0.1, 0.15) is 46.9 Å². The van der Waals surface area contributed by atoms with E-state index < -0.39 is 0 Å². The first-order valence-corrected chi connectivity index (χ1v) is 9.94. The molecule has 8 nitrogen and oxygen atoms in total. The van der Waals surface area contributed by atoms with E-state index in [1.165, 1.54) is 0 Å². The fourth-order valence-corrected chi connectivity index (χ4v) is 3.60. The molecule has 1 atom stereocenters. The number of nitrogens with zero attached hydrogens (tertiary/aromatic N) is 3. The number of hydrogen-bond acceptors (Lipinski definition) is 6. The summed E-state index contributed by atoms with van der Waals surface area (Å²) in [7, 11) is 0. The van der Waals surface area contributed by atoms with Gasteiger partial charge in [0.15, 0.2) is 5.69 Å². The van der Waals surface area contributed by atoms with Crippen molar-refractivity contribution in [2.45, 2.75) is 44.9 Å². The van der Waals surface area contributed by atoms with Crippen LogP contribution in [0.4, 0.5) is 0 Å². The molecule has 4 rings (SSSR count). The molecule has 1 aromatic heterocycles. The zero-order valence-electron chi connectivity index (χ0n) is 16.2. The van der Waals surface area contributed by atoms with Gasteiger partial charge in [0.2, 0.25) is 0 Å². The summed E-state index contributed by atoms with van der Waals surface area (Å²) >= 11 is 0. The maximum atomic E-state index is 12.5. The van der Waals surface area contributed by atoms with Gasteiger partial charge in [0, 0.05) is 18.5 Å². The summed E-state index contributed by atoms with van der Waals surface area (Å²) in [5.41, 5.74) is 2.41. The first-order valence-electron chi connectivity index (χ1n) is 9.94. The van der Waals surface area contributed by atoms with Crippen molar-refractivity contribution in [2.75, 3.05) is 26.3 Å². The Morgan fingerprint density at radius 3 is 3.00 bits per heavy atom. The Hall–Kier alpha value is -2.45. The quantitative estimate of drug-likeness (QED) is 0.785. The highest BCUT2D eigenvalue weighted by atomic mass is 16.5. The number of aromatic nitrogens is 3. The van der Waals surface area contributed by atoms with Crippen molar-refractivity contribution < 1.29 is 14.3 Å². The van der Waals surface area contributed by atoms with Crippen molar-refractivity contribution in [3.05, 3.63) is 41.2 Å². The Morgan fingerprint density at radius 2 is 2.21 bits per heavy atom. The Labute approximate surface area is 164 Å². The molecular formula is C20H27N5O3. The normalized spacial score (nSPS) is 20.2. The molecule has 8 heteroatoms. The minimum atomic E-state index is -0.226. The average Bonchev–Trinajstić information content (AvgIpc) is 3.40. The lowest BCUT2D eigenvalue weighted by molar-refractivity contribution is 0.0945. The molecule has 2 aliphatic heterocycles. The van der Waals surface area contributed by atoms with Crippen LogP contribution in [0.5, 0.6) is 5.75 Å². The van der Waals surface area contributed by atoms with Gasteiger partial charge in [-0.25, -0.2) is 4.68 Å². The first kappa shape index (κ1) is 18.9. The zero-order valence-corrected chi connectivity index (χ0v) is 16.2. The van der Waals surface area contributed by atoms with E-state index in [9.17, 15) is 4.79 Å². The van der Waals surface area contributed by atoms with E-state index in [0.717, 1.165) is 55.8 Å². The third kappa shape index (κ3) is 4.51. The second-order valence-electron chi connectivity index (χ2n) is 7.46. The molecule has 2 N–H and O–H groups in total. The van der Waals surface area contributed by atoms with Gasteiger partial charge in [0.1, 0.15) is 11.9 Å². The third-order valence-electron chi connectivity index (χ3n) is 5.27. The molecule has 2 fully saturated rings. The molecule has 0 saturated carbocycles. The standard InChI is InChI=1S/C20H27N5O3/c1-14-2-3-15(19(10-14)28-17-6-9-27-13-17)11-22-20(26)18-12-25(24-23-18)16-4-7-21-8-5-16/h2-3,10,12,16-17,21H,4-9,11,13H2,1H3,(H,22,26). The summed E-state index contributed by atoms with van der Waals surface area (Å²) in [6.07, 6.45) is 4.70. The molecule has 2 aliphatic rings. The molecule has 0 aliphatic carbocycles. The van der Waals surface area contributed by atoms with E-state index in [2.05, 4.69) is 20.9 Å². The molecule has 0 spiro atoms. The Morgan fingerprint density at radius 1 is 1.36 bits per heavy atom. The number of amides is 1. The van der Waals surface area contributed by atoms with Crippen LogP contribution in [0.3, 0.4) is 0 Å². The van der Waals surface area contributed by atoms with E-state index in [1.807, 2.05) is 29.8 Å². The monoisotopic (exact) mass is 385 g/mol. The number of nitrogens with one attached hydrogen (secondary N) is 2. The molecule has 0 bridgehead atoms. The molecule has 1 amide bonds. The van der Waals surface area contributed by atoms with Crippen LogP contribution in [0, 0.1) is 6.92 Å². The van der Waals surface area contributed by atoms with E-state index in [1.54, 1.807) is 6.20 Å². The molecule has 28 heavy (non-hydrogen) atoms. The molecule has 2 aromatic rings. The minimum absolute atomic E-state index is 0.0705. The summed E-state index contributed by atoms with van der Waals surface area (Å²) < 4.78 is 13.3. The molecule has 1 unspecified atom stereocenters. The van der Waals surface area contributed by atoms with Gasteiger partial charge < -0.3 is 20.1 Å². The number of aryl methyl sites for hydroxylation is 1. The van der Waals surface area contributed by atoms with Gasteiger partial charge in [0.25, 0.3) is 5.91 Å². The maximum absolute atomic E-state index is 12.5. The Balaban J connectivity index is 1.38. The third-order valence-corrected chi connectivity index (χ3v) is 5.27. The highest BCUT2D eigenvalue weighted by Crippen LogP contribution is 2.24. The topological polar surface area (TPSA) is 90.3 Å². The van der Waals surface area contributed by atoms with Crippen LogP contribution in [-0.2, 0) is 11.3 Å². The van der Waals surface area contributed by atoms with Crippen molar-refractivity contribution in [3.8, 4) is 5.75 Å². The molecule has 2 saturated heterocycles. The number of rotatable bonds is 6. The molecular weight excluding hydrogens is 358 g/mol. The lowest BCUT2D eigenvalue weighted by Crippen LogP contribution is -2.29. The fraction of sp³-hybridized carbons (Fsp3) is 0.550. The molecule has 0 radical (unpaired) electrons. The minimum Gasteiger partial charge on any atom is -0.488 e. The lowest BCUT2D eigenvalue weighted by atomic mass is 10.1. The van der Waals surface area contributed by atoms with Gasteiger partial charge >= 0.3 is 0 Å². The van der Waals surface area contributed by atoms with Crippen LogP contribution >= 0.6 is 0 Å². The molecule has 150 valence electrons. The largest absolute Gasteiger partial charge is 0.488 e. The van der Waals surface area contributed by atoms with E-state index in [4.69, 9.17) is 9.47 Å². The summed E-state index contributed by atoms with van der Waals surface area (Å²) in [5, 5.41) is 14.5. The number of piperidine rings is 1. The van der Waals surface area contributed by atoms with Crippen molar-refractivity contribution in [3.63, 3.8) is 0 Å². The average molecular weight is 385 g/mol. The van der Waals surface area contributed by atoms with Crippen LogP contribution in [-0.4, -0.2) is 53.3 Å². The Bertz CT molecular complexity index is 810. The van der Waals surface area contributed by atoms with Crippen molar-refractivity contribution in [1.29, 1.82) is 0 Å². The van der Waals surface area contributed by atoms with Crippen LogP contribution in [0.2, 0.25) is 0 Å². The van der Waals surface area contributed by atoms with Crippen molar-refractivity contribution >= 4 is 5.91 Å². The lowest BCUT2D eigenvalue weighted by Gasteiger charge is -2.22. The van der Waals surface area contributed by atoms with Gasteiger partial charge in [-0.3, -0.25) is 4.79 Å². The number of benzene rings is 1. The van der Waals surface area contributed by atoms with E-state index in [-0.39, 0.29) is 12.0 Å². The predicted molar refractivity (Wildman–Crippen MR) is 103 cm³/mol. The van der Waals surface area contributed by atoms with Gasteiger partial charge in [-0.15, -0.1) is 5.10 Å². The predicted octanol–water partition coefficient (Wildman–Crippen LogP) is 1.61. The van der Waals surface area contributed by atoms with E-state index in [0.29, 0.717) is 24.9 Å². The Kier molecular flexibility index (Phi) is 5.87. The number of ether oxygens (including phenoxy) is 2. The van der Waals surface area contributed by atoms with Crippen molar-refractivity contribution in [1.82, 2.24) is 25.6 Å². The first-order chi connectivity index (χ1) is 13.7. The molecule has 1 aromatic carbocycles. The summed E-state index contributed by atoms with van der Waals surface area (Å²) in [5.74, 6) is 0.574. The second-order valence-corrected chi connectivity index (χ2v) is 7.46. The second kappa shape index (κ2) is 8.70. The highest BCUT2D eigenvalue weighted by molar-refractivity contribution is 5.91. The summed E-state index contributed by atoms with van der Waals surface area (Å²) in [6, 6.07) is 6.33. The zero-order chi connectivity index (χ0) is 19.3. The fourth-order valence-electron chi connectivity index (χ4n) is 3.60. The van der Waals surface area contributed by atoms with Gasteiger partial charge in [-0.2, -0.15) is 0 Å². The van der Waals surface area contributed by atoms with Gasteiger partial charge in [0.05, 0.1) is 25.5 Å². The highest BCUT2D eigenvalue weighted by Gasteiger charge is 2.20. The van der Waals surface area contributed by atoms with Crippen LogP contribution < -0.4 is 15.4 Å². The van der Waals surface area contributed by atoms with Crippen molar-refractivity contribution in [2.24, 2.45) is 0 Å². The summed E-state index contributed by atoms with van der Waals surface area (Å²) in [6.45, 7) is 5.68. The van der Waals surface area contributed by atoms with Gasteiger partial charge in [-0.05, 0) is 44.5 Å². The smallest absolute Gasteiger partial charge is 0.273 e. The van der Waals surface area contributed by atoms with Crippen LogP contribution in [0.25, 0.3) is 0 Å². The van der Waals surface area contributed by atoms with Gasteiger partial charge in [-0.1, -0.05) is 17.3 Å². The van der Waals surface area contributed by atoms with Crippen LogP contribution in [0.15, 0.2) is 24.4 Å². The number of carbonyl (C=O) groups is 1. The number of carbonyl (C=O) groups excluding carboxylic acids is 1. The maximum Gasteiger partial charge on any atom is 0.273 e. The molecule has 3 heterocycles. The number of hydrogen-bond donors (Lipinski definition) is 2. The van der Waals surface area contributed by atoms with E-state index >= 15 is 0 Å².